The van der Waals surface area contributed by atoms with E-state index in [1.54, 1.807) is 13.3 Å². The van der Waals surface area contributed by atoms with Gasteiger partial charge in [0.25, 0.3) is 0 Å². The third-order valence-electron chi connectivity index (χ3n) is 3.60. The van der Waals surface area contributed by atoms with Gasteiger partial charge in [-0.25, -0.2) is 15.0 Å². The first-order chi connectivity index (χ1) is 9.08. The average Bonchev–Trinajstić information content (AvgIpc) is 2.93. The first kappa shape index (κ1) is 12.3. The van der Waals surface area contributed by atoms with E-state index in [0.717, 1.165) is 6.42 Å². The smallest absolute Gasteiger partial charge is 0.167 e. The summed E-state index contributed by atoms with van der Waals surface area (Å²) in [7, 11) is 0. The topological polar surface area (TPSA) is 99.1 Å². The molecule has 3 heterocycles. The number of imidazole rings is 1. The molecule has 19 heavy (non-hydrogen) atoms. The molecule has 0 aliphatic carbocycles. The van der Waals surface area contributed by atoms with Crippen molar-refractivity contribution in [1.29, 1.82) is 0 Å². The number of ether oxygens (including phenoxy) is 1. The second-order valence-corrected chi connectivity index (χ2v) is 5.10. The molecule has 3 rings (SSSR count). The Bertz CT molecular complexity index is 597. The lowest BCUT2D eigenvalue weighted by Gasteiger charge is -2.18. The van der Waals surface area contributed by atoms with E-state index in [4.69, 9.17) is 10.5 Å². The highest BCUT2D eigenvalue weighted by molar-refractivity contribution is 5.81. The monoisotopic (exact) mass is 263 g/mol. The Kier molecular flexibility index (Phi) is 2.87. The average molecular weight is 263 g/mol. The molecule has 2 aromatic rings. The van der Waals surface area contributed by atoms with Crippen LogP contribution in [0.5, 0.6) is 0 Å². The Balaban J connectivity index is 1.99. The van der Waals surface area contributed by atoms with Crippen molar-refractivity contribution in [2.45, 2.75) is 38.7 Å². The first-order valence-corrected chi connectivity index (χ1v) is 6.34. The fourth-order valence-corrected chi connectivity index (χ4v) is 2.56. The van der Waals surface area contributed by atoms with Gasteiger partial charge in [0, 0.05) is 5.92 Å². The highest BCUT2D eigenvalue weighted by Crippen LogP contribution is 2.36. The van der Waals surface area contributed by atoms with Crippen LogP contribution in [0.15, 0.2) is 12.7 Å². The van der Waals surface area contributed by atoms with Crippen LogP contribution in [-0.4, -0.2) is 36.8 Å². The molecule has 0 saturated carbocycles. The van der Waals surface area contributed by atoms with Crippen molar-refractivity contribution in [3.05, 3.63) is 12.7 Å². The number of nitrogens with two attached hydrogens (primary N) is 1. The quantitative estimate of drug-likeness (QED) is 0.828. The van der Waals surface area contributed by atoms with Crippen molar-refractivity contribution in [2.75, 3.05) is 5.73 Å². The number of aliphatic hydroxyl groups is 1. The molecule has 1 aliphatic rings. The van der Waals surface area contributed by atoms with E-state index in [1.165, 1.54) is 6.33 Å². The number of aromatic nitrogens is 4. The summed E-state index contributed by atoms with van der Waals surface area (Å²) in [5.41, 5.74) is 7.02. The predicted molar refractivity (Wildman–Crippen MR) is 69.1 cm³/mol. The minimum absolute atomic E-state index is 0.156. The van der Waals surface area contributed by atoms with Crippen LogP contribution < -0.4 is 5.73 Å². The van der Waals surface area contributed by atoms with Gasteiger partial charge in [-0.3, -0.25) is 4.57 Å². The molecule has 7 nitrogen and oxygen atoms in total. The Labute approximate surface area is 110 Å². The summed E-state index contributed by atoms with van der Waals surface area (Å²) in [6, 6.07) is 0. The van der Waals surface area contributed by atoms with Gasteiger partial charge in [0.1, 0.15) is 18.1 Å². The number of aliphatic hydroxyl groups excluding tert-OH is 1. The zero-order valence-electron chi connectivity index (χ0n) is 10.9. The van der Waals surface area contributed by atoms with Crippen molar-refractivity contribution >= 4 is 17.0 Å². The maximum absolute atomic E-state index is 9.65. The van der Waals surface area contributed by atoms with Gasteiger partial charge in [0.15, 0.2) is 11.5 Å². The highest BCUT2D eigenvalue weighted by Gasteiger charge is 2.36. The van der Waals surface area contributed by atoms with Gasteiger partial charge in [0.2, 0.25) is 0 Å². The molecule has 0 aromatic carbocycles. The van der Waals surface area contributed by atoms with E-state index < -0.39 is 6.10 Å². The third-order valence-corrected chi connectivity index (χ3v) is 3.60. The molecule has 0 spiro atoms. The number of fused-ring (bicyclic) bond motifs is 1. The summed E-state index contributed by atoms with van der Waals surface area (Å²) >= 11 is 0. The predicted octanol–water partition coefficient (Wildman–Crippen LogP) is 0.713. The standard InChI is InChI=1S/C12H17N5O2/c1-6-3-8(7(2)18)19-12(6)17-5-16-9-10(13)14-4-15-11(9)17/h4-8,12,18H,3H2,1-2H3,(H2,13,14,15)/t6-,7-,8?,12+/m0/s1. The Morgan fingerprint density at radius 2 is 2.26 bits per heavy atom. The van der Waals surface area contributed by atoms with Crippen molar-refractivity contribution in [3.8, 4) is 0 Å². The number of hydrogen-bond donors (Lipinski definition) is 2. The van der Waals surface area contributed by atoms with E-state index in [9.17, 15) is 5.11 Å². The molecule has 0 radical (unpaired) electrons. The molecule has 3 N–H and O–H groups in total. The summed E-state index contributed by atoms with van der Waals surface area (Å²) in [5.74, 6) is 0.634. The number of anilines is 1. The molecule has 0 bridgehead atoms. The summed E-state index contributed by atoms with van der Waals surface area (Å²) in [5, 5.41) is 9.65. The van der Waals surface area contributed by atoms with Gasteiger partial charge in [-0.15, -0.1) is 0 Å². The molecule has 1 unspecified atom stereocenters. The van der Waals surface area contributed by atoms with Gasteiger partial charge in [-0.1, -0.05) is 6.92 Å². The molecule has 4 atom stereocenters. The van der Waals surface area contributed by atoms with Crippen molar-refractivity contribution in [3.63, 3.8) is 0 Å². The van der Waals surface area contributed by atoms with Gasteiger partial charge < -0.3 is 15.6 Å². The molecule has 0 amide bonds. The molecule has 1 fully saturated rings. The van der Waals surface area contributed by atoms with Crippen LogP contribution in [0.3, 0.4) is 0 Å². The normalized spacial score (nSPS) is 28.9. The molecule has 7 heteroatoms. The molecule has 1 aliphatic heterocycles. The number of hydrogen-bond acceptors (Lipinski definition) is 6. The second kappa shape index (κ2) is 4.43. The van der Waals surface area contributed by atoms with Crippen LogP contribution in [0.25, 0.3) is 11.2 Å². The number of nitrogen functional groups attached to an aromatic ring is 1. The van der Waals surface area contributed by atoms with E-state index in [0.29, 0.717) is 17.0 Å². The minimum atomic E-state index is -0.484. The largest absolute Gasteiger partial charge is 0.391 e. The molecular formula is C12H17N5O2. The lowest BCUT2D eigenvalue weighted by atomic mass is 10.0. The Morgan fingerprint density at radius 1 is 1.47 bits per heavy atom. The molecular weight excluding hydrogens is 246 g/mol. The van der Waals surface area contributed by atoms with Crippen molar-refractivity contribution in [1.82, 2.24) is 19.5 Å². The summed E-state index contributed by atoms with van der Waals surface area (Å²) in [6.45, 7) is 3.83. The van der Waals surface area contributed by atoms with Gasteiger partial charge in [-0.2, -0.15) is 0 Å². The maximum Gasteiger partial charge on any atom is 0.167 e. The number of nitrogens with zero attached hydrogens (tertiary/aromatic N) is 4. The van der Waals surface area contributed by atoms with Gasteiger partial charge >= 0.3 is 0 Å². The SMILES string of the molecule is C[C@H](O)C1C[C@H](C)[C@H](n2cnc3c(N)ncnc32)O1. The van der Waals surface area contributed by atoms with Crippen LogP contribution >= 0.6 is 0 Å². The van der Waals surface area contributed by atoms with E-state index in [-0.39, 0.29) is 18.2 Å². The number of rotatable bonds is 2. The van der Waals surface area contributed by atoms with E-state index in [1.807, 2.05) is 4.57 Å². The minimum Gasteiger partial charge on any atom is -0.391 e. The third kappa shape index (κ3) is 1.95. The van der Waals surface area contributed by atoms with Crippen LogP contribution in [0.2, 0.25) is 0 Å². The molecule has 102 valence electrons. The second-order valence-electron chi connectivity index (χ2n) is 5.10. The Hall–Kier alpha value is -1.73. The van der Waals surface area contributed by atoms with Crippen LogP contribution in [0, 0.1) is 5.92 Å². The van der Waals surface area contributed by atoms with Gasteiger partial charge in [-0.05, 0) is 13.3 Å². The summed E-state index contributed by atoms with van der Waals surface area (Å²) < 4.78 is 7.76. The summed E-state index contributed by atoms with van der Waals surface area (Å²) in [6.07, 6.45) is 3.07. The van der Waals surface area contributed by atoms with Crippen LogP contribution in [0.4, 0.5) is 5.82 Å². The summed E-state index contributed by atoms with van der Waals surface area (Å²) in [4.78, 5) is 12.4. The first-order valence-electron chi connectivity index (χ1n) is 6.34. The lowest BCUT2D eigenvalue weighted by molar-refractivity contribution is -0.0573. The van der Waals surface area contributed by atoms with Gasteiger partial charge in [0.05, 0.1) is 18.5 Å². The van der Waals surface area contributed by atoms with Crippen LogP contribution in [-0.2, 0) is 4.74 Å². The van der Waals surface area contributed by atoms with Crippen molar-refractivity contribution in [2.24, 2.45) is 5.92 Å². The highest BCUT2D eigenvalue weighted by atomic mass is 16.5. The van der Waals surface area contributed by atoms with Crippen LogP contribution in [0.1, 0.15) is 26.5 Å². The van der Waals surface area contributed by atoms with Crippen molar-refractivity contribution < 1.29 is 9.84 Å². The maximum atomic E-state index is 9.65. The van der Waals surface area contributed by atoms with E-state index in [2.05, 4.69) is 21.9 Å². The fraction of sp³-hybridized carbons (Fsp3) is 0.583. The molecule has 1 saturated heterocycles. The zero-order chi connectivity index (χ0) is 13.6. The lowest BCUT2D eigenvalue weighted by Crippen LogP contribution is -2.22. The molecule has 2 aromatic heterocycles. The zero-order valence-corrected chi connectivity index (χ0v) is 10.9. The Morgan fingerprint density at radius 3 is 2.95 bits per heavy atom. The van der Waals surface area contributed by atoms with E-state index >= 15 is 0 Å². The fourth-order valence-electron chi connectivity index (χ4n) is 2.56.